The Bertz CT molecular complexity index is 648. The van der Waals surface area contributed by atoms with E-state index in [0.717, 1.165) is 0 Å². The van der Waals surface area contributed by atoms with Crippen LogP contribution < -0.4 is 10.6 Å². The van der Waals surface area contributed by atoms with Crippen LogP contribution in [0.25, 0.3) is 0 Å². The van der Waals surface area contributed by atoms with Crippen LogP contribution >= 0.6 is 34.5 Å². The summed E-state index contributed by atoms with van der Waals surface area (Å²) in [6.45, 7) is 0.0486. The number of hydrogen-bond donors (Lipinski definition) is 3. The number of amides is 1. The molecule has 1 aromatic heterocycles. The van der Waals surface area contributed by atoms with Gasteiger partial charge >= 0.3 is 0 Å². The normalized spacial score (nSPS) is 12.0. The van der Waals surface area contributed by atoms with Crippen molar-refractivity contribution in [3.63, 3.8) is 0 Å². The second-order valence-corrected chi connectivity index (χ2v) is 6.05. The van der Waals surface area contributed by atoms with Crippen molar-refractivity contribution in [3.8, 4) is 0 Å². The Kier molecular flexibility index (Phi) is 5.41. The Hall–Kier alpha value is -1.34. The minimum atomic E-state index is -0.907. The van der Waals surface area contributed by atoms with Crippen molar-refractivity contribution < 1.29 is 9.90 Å². The first-order valence-corrected chi connectivity index (χ1v) is 7.63. The highest BCUT2D eigenvalue weighted by atomic mass is 35.5. The van der Waals surface area contributed by atoms with Gasteiger partial charge in [-0.25, -0.2) is 4.98 Å². The van der Waals surface area contributed by atoms with Gasteiger partial charge < -0.3 is 15.7 Å². The molecule has 0 spiro atoms. The van der Waals surface area contributed by atoms with Crippen molar-refractivity contribution in [2.24, 2.45) is 0 Å². The molecule has 3 N–H and O–H groups in total. The maximum absolute atomic E-state index is 11.9. The minimum absolute atomic E-state index is 0.0486. The molecule has 0 aliphatic rings. The van der Waals surface area contributed by atoms with Crippen molar-refractivity contribution in [3.05, 3.63) is 44.9 Å². The summed E-state index contributed by atoms with van der Waals surface area (Å²) in [4.78, 5) is 16.4. The number of aliphatic hydroxyl groups excluding tert-OH is 1. The standard InChI is InChI=1S/C13H13Cl2N3O2S/c1-16-13-18-6-11(21-13)12(20)17-5-10(19)8-3-2-7(14)4-9(8)15/h2-4,6,10,19H,5H2,1H3,(H,16,18)(H,17,20). The third-order valence-corrected chi connectivity index (χ3v) is 4.30. The topological polar surface area (TPSA) is 74.2 Å². The van der Waals surface area contributed by atoms with Gasteiger partial charge in [-0.2, -0.15) is 0 Å². The number of aromatic nitrogens is 1. The molecule has 1 aromatic carbocycles. The van der Waals surface area contributed by atoms with Crippen LogP contribution in [-0.4, -0.2) is 29.6 Å². The number of carbonyl (C=O) groups is 1. The monoisotopic (exact) mass is 345 g/mol. The van der Waals surface area contributed by atoms with Gasteiger partial charge in [-0.3, -0.25) is 4.79 Å². The molecule has 21 heavy (non-hydrogen) atoms. The van der Waals surface area contributed by atoms with Crippen LogP contribution in [0.4, 0.5) is 5.13 Å². The highest BCUT2D eigenvalue weighted by Gasteiger charge is 2.15. The fraction of sp³-hybridized carbons (Fsp3) is 0.231. The van der Waals surface area contributed by atoms with E-state index in [1.54, 1.807) is 25.2 Å². The van der Waals surface area contributed by atoms with Gasteiger partial charge in [0.15, 0.2) is 5.13 Å². The van der Waals surface area contributed by atoms with E-state index in [2.05, 4.69) is 15.6 Å². The largest absolute Gasteiger partial charge is 0.387 e. The van der Waals surface area contributed by atoms with Crippen LogP contribution in [-0.2, 0) is 0 Å². The summed E-state index contributed by atoms with van der Waals surface area (Å²) < 4.78 is 0. The first kappa shape index (κ1) is 16.0. The zero-order valence-electron chi connectivity index (χ0n) is 11.1. The molecule has 2 rings (SSSR count). The van der Waals surface area contributed by atoms with Gasteiger partial charge in [-0.05, 0) is 12.1 Å². The second-order valence-electron chi connectivity index (χ2n) is 4.17. The van der Waals surface area contributed by atoms with Gasteiger partial charge in [0.05, 0.1) is 12.3 Å². The summed E-state index contributed by atoms with van der Waals surface area (Å²) in [6.07, 6.45) is 0.573. The number of hydrogen-bond acceptors (Lipinski definition) is 5. The van der Waals surface area contributed by atoms with Gasteiger partial charge in [-0.1, -0.05) is 40.6 Å². The first-order valence-electron chi connectivity index (χ1n) is 6.06. The van der Waals surface area contributed by atoms with Crippen LogP contribution in [0.5, 0.6) is 0 Å². The Morgan fingerprint density at radius 3 is 2.86 bits per heavy atom. The lowest BCUT2D eigenvalue weighted by Crippen LogP contribution is -2.27. The average Bonchev–Trinajstić information content (AvgIpc) is 2.93. The number of carbonyl (C=O) groups excluding carboxylic acids is 1. The van der Waals surface area contributed by atoms with Crippen LogP contribution in [0.3, 0.4) is 0 Å². The molecule has 0 aliphatic heterocycles. The summed E-state index contributed by atoms with van der Waals surface area (Å²) in [5.41, 5.74) is 0.515. The molecule has 8 heteroatoms. The van der Waals surface area contributed by atoms with E-state index in [-0.39, 0.29) is 12.5 Å². The molecule has 0 aliphatic carbocycles. The Balaban J connectivity index is 1.97. The fourth-order valence-electron chi connectivity index (χ4n) is 1.65. The number of benzene rings is 1. The molecule has 0 radical (unpaired) electrons. The molecule has 2 aromatic rings. The van der Waals surface area contributed by atoms with Gasteiger partial charge in [0, 0.05) is 29.2 Å². The Labute approximate surface area is 135 Å². The first-order chi connectivity index (χ1) is 10.0. The lowest BCUT2D eigenvalue weighted by atomic mass is 10.1. The highest BCUT2D eigenvalue weighted by Crippen LogP contribution is 2.26. The molecule has 1 atom stereocenters. The number of anilines is 1. The van der Waals surface area contributed by atoms with Gasteiger partial charge in [0.1, 0.15) is 4.88 Å². The highest BCUT2D eigenvalue weighted by molar-refractivity contribution is 7.17. The van der Waals surface area contributed by atoms with E-state index >= 15 is 0 Å². The summed E-state index contributed by atoms with van der Waals surface area (Å²) in [5.74, 6) is -0.293. The smallest absolute Gasteiger partial charge is 0.263 e. The third kappa shape index (κ3) is 4.07. The van der Waals surface area contributed by atoms with Crippen molar-refractivity contribution >= 4 is 45.6 Å². The summed E-state index contributed by atoms with van der Waals surface area (Å²) >= 11 is 13.0. The summed E-state index contributed by atoms with van der Waals surface area (Å²) in [7, 11) is 1.73. The number of halogens is 2. The molecule has 5 nitrogen and oxygen atoms in total. The molecule has 0 saturated heterocycles. The summed E-state index contributed by atoms with van der Waals surface area (Å²) in [6, 6.07) is 4.81. The minimum Gasteiger partial charge on any atom is -0.387 e. The van der Waals surface area contributed by atoms with Crippen LogP contribution in [0.1, 0.15) is 21.3 Å². The molecule has 112 valence electrons. The summed E-state index contributed by atoms with van der Waals surface area (Å²) in [5, 5.41) is 17.1. The number of rotatable bonds is 5. The SMILES string of the molecule is CNc1ncc(C(=O)NCC(O)c2ccc(Cl)cc2Cl)s1. The Morgan fingerprint density at radius 1 is 1.48 bits per heavy atom. The molecule has 1 amide bonds. The third-order valence-electron chi connectivity index (χ3n) is 2.72. The van der Waals surface area contributed by atoms with E-state index in [4.69, 9.17) is 23.2 Å². The molecule has 0 saturated carbocycles. The second kappa shape index (κ2) is 7.09. The van der Waals surface area contributed by atoms with Crippen molar-refractivity contribution in [1.29, 1.82) is 0 Å². The predicted octanol–water partition coefficient (Wildman–Crippen LogP) is 2.96. The number of thiazole rings is 1. The van der Waals surface area contributed by atoms with Gasteiger partial charge in [0.25, 0.3) is 5.91 Å². The number of aliphatic hydroxyl groups is 1. The maximum atomic E-state index is 11.9. The zero-order valence-corrected chi connectivity index (χ0v) is 13.4. The van der Waals surface area contributed by atoms with E-state index in [1.165, 1.54) is 17.5 Å². The fourth-order valence-corrected chi connectivity index (χ4v) is 2.87. The van der Waals surface area contributed by atoms with Crippen molar-refractivity contribution in [2.75, 3.05) is 18.9 Å². The maximum Gasteiger partial charge on any atom is 0.263 e. The van der Waals surface area contributed by atoms with E-state index < -0.39 is 6.10 Å². The molecule has 0 fully saturated rings. The van der Waals surface area contributed by atoms with Gasteiger partial charge in [0.2, 0.25) is 0 Å². The Morgan fingerprint density at radius 2 is 2.24 bits per heavy atom. The van der Waals surface area contributed by atoms with Crippen LogP contribution in [0, 0.1) is 0 Å². The average molecular weight is 346 g/mol. The zero-order chi connectivity index (χ0) is 15.4. The number of nitrogens with one attached hydrogen (secondary N) is 2. The van der Waals surface area contributed by atoms with E-state index in [9.17, 15) is 9.90 Å². The van der Waals surface area contributed by atoms with Crippen LogP contribution in [0.15, 0.2) is 24.4 Å². The van der Waals surface area contributed by atoms with Crippen molar-refractivity contribution in [1.82, 2.24) is 10.3 Å². The quantitative estimate of drug-likeness (QED) is 0.778. The van der Waals surface area contributed by atoms with Gasteiger partial charge in [-0.15, -0.1) is 0 Å². The van der Waals surface area contributed by atoms with Crippen molar-refractivity contribution in [2.45, 2.75) is 6.10 Å². The van der Waals surface area contributed by atoms with E-state index in [0.29, 0.717) is 25.6 Å². The lowest BCUT2D eigenvalue weighted by Gasteiger charge is -2.13. The molecular formula is C13H13Cl2N3O2S. The number of nitrogens with zero attached hydrogens (tertiary/aromatic N) is 1. The predicted molar refractivity (Wildman–Crippen MR) is 85.4 cm³/mol. The molecule has 1 unspecified atom stereocenters. The molecule has 1 heterocycles. The molecular weight excluding hydrogens is 333 g/mol. The molecule has 0 bridgehead atoms. The van der Waals surface area contributed by atoms with Crippen LogP contribution in [0.2, 0.25) is 10.0 Å². The lowest BCUT2D eigenvalue weighted by molar-refractivity contribution is 0.0920. The van der Waals surface area contributed by atoms with E-state index in [1.807, 2.05) is 0 Å².